The van der Waals surface area contributed by atoms with Crippen molar-refractivity contribution in [1.82, 2.24) is 19.7 Å². The zero-order chi connectivity index (χ0) is 23.3. The quantitative estimate of drug-likeness (QED) is 0.423. The maximum atomic E-state index is 13.0. The molecule has 0 aliphatic carbocycles. The minimum Gasteiger partial charge on any atom is -0.451 e. The second kappa shape index (κ2) is 9.94. The van der Waals surface area contributed by atoms with Crippen molar-refractivity contribution in [3.63, 3.8) is 0 Å². The Bertz CT molecular complexity index is 1240. The number of benzene rings is 1. The molecule has 3 rings (SSSR count). The number of anilines is 2. The first-order chi connectivity index (χ1) is 15.4. The second-order valence-electron chi connectivity index (χ2n) is 7.24. The van der Waals surface area contributed by atoms with Crippen molar-refractivity contribution in [2.75, 3.05) is 23.8 Å². The third-order valence-corrected chi connectivity index (χ3v) is 4.96. The fourth-order valence-corrected chi connectivity index (χ4v) is 3.35. The van der Waals surface area contributed by atoms with Crippen LogP contribution < -0.4 is 21.9 Å². The Kier molecular flexibility index (Phi) is 7.08. The number of nitrogen functional groups attached to an aromatic ring is 1. The predicted molar refractivity (Wildman–Crippen MR) is 120 cm³/mol. The van der Waals surface area contributed by atoms with Crippen molar-refractivity contribution < 1.29 is 14.3 Å². The summed E-state index contributed by atoms with van der Waals surface area (Å²) >= 11 is 0. The number of nitrogens with one attached hydrogen (secondary N) is 2. The van der Waals surface area contributed by atoms with Crippen molar-refractivity contribution in [3.8, 4) is 0 Å². The Morgan fingerprint density at radius 2 is 1.94 bits per heavy atom. The molecule has 2 aromatic heterocycles. The van der Waals surface area contributed by atoms with Crippen LogP contribution in [-0.4, -0.2) is 44.8 Å². The fourth-order valence-electron chi connectivity index (χ4n) is 3.35. The molecule has 1 amide bonds. The van der Waals surface area contributed by atoms with Gasteiger partial charge in [0.1, 0.15) is 5.82 Å². The number of para-hydroxylation sites is 1. The van der Waals surface area contributed by atoms with Crippen LogP contribution in [0.25, 0.3) is 10.9 Å². The van der Waals surface area contributed by atoms with E-state index < -0.39 is 29.7 Å². The molecule has 11 nitrogen and oxygen atoms in total. The SMILES string of the molecule is CCCCN(C(=O)COC(=O)c1n[nH]c2ccccc12)c1c(N)n(CCC)c(=O)[nH]c1=O. The number of rotatable bonds is 9. The Hall–Kier alpha value is -3.89. The molecular formula is C21H26N6O5. The smallest absolute Gasteiger partial charge is 0.359 e. The van der Waals surface area contributed by atoms with Crippen molar-refractivity contribution in [2.45, 2.75) is 39.7 Å². The van der Waals surface area contributed by atoms with Gasteiger partial charge >= 0.3 is 11.7 Å². The standard InChI is InChI=1S/C21H26N6O5/c1-3-5-11-26(17-18(22)27(10-4-2)21(31)23-19(17)29)15(28)12-32-20(30)16-13-8-6-7-9-14(13)24-25-16/h6-9H,3-5,10-12,22H2,1-2H3,(H,24,25)(H,23,29,31). The summed E-state index contributed by atoms with van der Waals surface area (Å²) in [7, 11) is 0. The summed E-state index contributed by atoms with van der Waals surface area (Å²) in [5, 5.41) is 7.26. The summed E-state index contributed by atoms with van der Waals surface area (Å²) in [6.07, 6.45) is 1.93. The van der Waals surface area contributed by atoms with Gasteiger partial charge in [-0.05, 0) is 18.9 Å². The molecule has 3 aromatic rings. The molecule has 11 heteroatoms. The van der Waals surface area contributed by atoms with Crippen LogP contribution in [0.3, 0.4) is 0 Å². The van der Waals surface area contributed by atoms with Gasteiger partial charge in [0.2, 0.25) is 0 Å². The second-order valence-corrected chi connectivity index (χ2v) is 7.24. The van der Waals surface area contributed by atoms with E-state index >= 15 is 0 Å². The zero-order valence-electron chi connectivity index (χ0n) is 18.0. The van der Waals surface area contributed by atoms with Gasteiger partial charge in [-0.1, -0.05) is 38.5 Å². The van der Waals surface area contributed by atoms with E-state index in [9.17, 15) is 19.2 Å². The number of hydrogen-bond acceptors (Lipinski definition) is 7. The minimum absolute atomic E-state index is 0.0577. The van der Waals surface area contributed by atoms with Gasteiger partial charge in [-0.15, -0.1) is 0 Å². The third-order valence-electron chi connectivity index (χ3n) is 4.96. The maximum Gasteiger partial charge on any atom is 0.359 e. The molecular weight excluding hydrogens is 416 g/mol. The first-order valence-electron chi connectivity index (χ1n) is 10.4. The lowest BCUT2D eigenvalue weighted by Gasteiger charge is -2.24. The summed E-state index contributed by atoms with van der Waals surface area (Å²) in [6.45, 7) is 3.63. The first-order valence-corrected chi connectivity index (χ1v) is 10.4. The first kappa shape index (κ1) is 22.8. The molecule has 1 aromatic carbocycles. The summed E-state index contributed by atoms with van der Waals surface area (Å²) in [6, 6.07) is 7.02. The van der Waals surface area contributed by atoms with Crippen LogP contribution in [0.15, 0.2) is 33.9 Å². The molecule has 0 saturated carbocycles. The molecule has 0 aliphatic rings. The molecule has 0 fully saturated rings. The fraction of sp³-hybridized carbons (Fsp3) is 0.381. The molecule has 0 bridgehead atoms. The normalized spacial score (nSPS) is 10.9. The lowest BCUT2D eigenvalue weighted by atomic mass is 10.2. The number of unbranched alkanes of at least 4 members (excludes halogenated alkanes) is 1. The number of carbonyl (C=O) groups excluding carboxylic acids is 2. The van der Waals surface area contributed by atoms with Crippen LogP contribution in [0, 0.1) is 0 Å². The monoisotopic (exact) mass is 442 g/mol. The van der Waals surface area contributed by atoms with E-state index in [4.69, 9.17) is 10.5 Å². The summed E-state index contributed by atoms with van der Waals surface area (Å²) in [5.41, 5.74) is 5.28. The van der Waals surface area contributed by atoms with Crippen LogP contribution in [0.4, 0.5) is 11.5 Å². The van der Waals surface area contributed by atoms with Crippen molar-refractivity contribution in [3.05, 3.63) is 50.8 Å². The summed E-state index contributed by atoms with van der Waals surface area (Å²) in [4.78, 5) is 53.5. The van der Waals surface area contributed by atoms with Gasteiger partial charge in [0.15, 0.2) is 18.0 Å². The maximum absolute atomic E-state index is 13.0. The summed E-state index contributed by atoms with van der Waals surface area (Å²) < 4.78 is 6.40. The Balaban J connectivity index is 1.86. The molecule has 0 saturated heterocycles. The molecule has 170 valence electrons. The van der Waals surface area contributed by atoms with Crippen LogP contribution >= 0.6 is 0 Å². The van der Waals surface area contributed by atoms with E-state index in [0.29, 0.717) is 23.7 Å². The molecule has 0 atom stereocenters. The van der Waals surface area contributed by atoms with Gasteiger partial charge in [-0.2, -0.15) is 5.10 Å². The van der Waals surface area contributed by atoms with Crippen molar-refractivity contribution in [1.29, 1.82) is 0 Å². The van der Waals surface area contributed by atoms with Crippen LogP contribution in [0.1, 0.15) is 43.6 Å². The number of ether oxygens (including phenoxy) is 1. The van der Waals surface area contributed by atoms with Crippen LogP contribution in [0.2, 0.25) is 0 Å². The molecule has 0 unspecified atom stereocenters. The number of amides is 1. The highest BCUT2D eigenvalue weighted by Crippen LogP contribution is 2.19. The van der Waals surface area contributed by atoms with Crippen LogP contribution in [-0.2, 0) is 16.1 Å². The lowest BCUT2D eigenvalue weighted by molar-refractivity contribution is -0.121. The number of H-pyrrole nitrogens is 2. The number of nitrogens with two attached hydrogens (primary N) is 1. The van der Waals surface area contributed by atoms with Gasteiger partial charge < -0.3 is 15.4 Å². The van der Waals surface area contributed by atoms with E-state index in [1.807, 2.05) is 13.8 Å². The van der Waals surface area contributed by atoms with E-state index in [2.05, 4.69) is 15.2 Å². The van der Waals surface area contributed by atoms with Crippen molar-refractivity contribution >= 4 is 34.3 Å². The van der Waals surface area contributed by atoms with Gasteiger partial charge in [-0.3, -0.25) is 24.2 Å². The van der Waals surface area contributed by atoms with E-state index in [1.54, 1.807) is 24.3 Å². The molecule has 32 heavy (non-hydrogen) atoms. The van der Waals surface area contributed by atoms with Crippen molar-refractivity contribution in [2.24, 2.45) is 0 Å². The zero-order valence-corrected chi connectivity index (χ0v) is 18.0. The average Bonchev–Trinajstić information content (AvgIpc) is 3.21. The molecule has 0 aliphatic heterocycles. The molecule has 4 N–H and O–H groups in total. The van der Waals surface area contributed by atoms with Crippen LogP contribution in [0.5, 0.6) is 0 Å². The highest BCUT2D eigenvalue weighted by Gasteiger charge is 2.25. The number of fused-ring (bicyclic) bond motifs is 1. The molecule has 0 radical (unpaired) electrons. The number of aromatic nitrogens is 4. The van der Waals surface area contributed by atoms with E-state index in [0.717, 1.165) is 6.42 Å². The minimum atomic E-state index is -0.774. The molecule has 0 spiro atoms. The lowest BCUT2D eigenvalue weighted by Crippen LogP contribution is -2.43. The Labute approximate surface area is 183 Å². The Morgan fingerprint density at radius 1 is 1.19 bits per heavy atom. The number of esters is 1. The summed E-state index contributed by atoms with van der Waals surface area (Å²) in [5.74, 6) is -1.51. The Morgan fingerprint density at radius 3 is 2.66 bits per heavy atom. The molecule has 2 heterocycles. The highest BCUT2D eigenvalue weighted by atomic mass is 16.5. The topological polar surface area (TPSA) is 156 Å². The number of nitrogens with zero attached hydrogens (tertiary/aromatic N) is 3. The van der Waals surface area contributed by atoms with Gasteiger partial charge in [0.05, 0.1) is 5.52 Å². The van der Waals surface area contributed by atoms with E-state index in [1.165, 1.54) is 9.47 Å². The average molecular weight is 442 g/mol. The van der Waals surface area contributed by atoms with E-state index in [-0.39, 0.29) is 30.3 Å². The largest absolute Gasteiger partial charge is 0.451 e. The van der Waals surface area contributed by atoms with Gasteiger partial charge in [0.25, 0.3) is 11.5 Å². The highest BCUT2D eigenvalue weighted by molar-refractivity contribution is 6.03. The van der Waals surface area contributed by atoms with Gasteiger partial charge in [0, 0.05) is 18.5 Å². The van der Waals surface area contributed by atoms with Gasteiger partial charge in [-0.25, -0.2) is 9.59 Å². The number of hydrogen-bond donors (Lipinski definition) is 3. The number of carbonyl (C=O) groups is 2. The number of aromatic amines is 2. The third kappa shape index (κ3) is 4.56. The predicted octanol–water partition coefficient (Wildman–Crippen LogP) is 1.40.